The van der Waals surface area contributed by atoms with Crippen LogP contribution < -0.4 is 10.1 Å². The van der Waals surface area contributed by atoms with Crippen molar-refractivity contribution >= 4 is 23.4 Å². The van der Waals surface area contributed by atoms with Crippen LogP contribution in [0.3, 0.4) is 0 Å². The number of nitrogens with zero attached hydrogens (tertiary/aromatic N) is 1. The van der Waals surface area contributed by atoms with Gasteiger partial charge in [0.1, 0.15) is 11.8 Å². The fourth-order valence-corrected chi connectivity index (χ4v) is 3.44. The summed E-state index contributed by atoms with van der Waals surface area (Å²) in [7, 11) is 1.61. The molecule has 0 saturated heterocycles. The van der Waals surface area contributed by atoms with Crippen molar-refractivity contribution in [2.24, 2.45) is 0 Å². The minimum absolute atomic E-state index is 0.0453. The minimum Gasteiger partial charge on any atom is -0.497 e. The number of hydrogen-bond donors (Lipinski definition) is 1. The van der Waals surface area contributed by atoms with Gasteiger partial charge in [0.15, 0.2) is 0 Å². The van der Waals surface area contributed by atoms with E-state index in [0.29, 0.717) is 23.7 Å². The zero-order valence-electron chi connectivity index (χ0n) is 18.2. The second kappa shape index (κ2) is 11.6. The normalized spacial score (nSPS) is 12.7. The maximum Gasteiger partial charge on any atom is 0.243 e. The van der Waals surface area contributed by atoms with E-state index in [1.807, 2.05) is 63.2 Å². The van der Waals surface area contributed by atoms with Crippen molar-refractivity contribution in [3.05, 3.63) is 64.7 Å². The van der Waals surface area contributed by atoms with E-state index in [4.69, 9.17) is 16.3 Å². The van der Waals surface area contributed by atoms with Crippen molar-refractivity contribution in [1.82, 2.24) is 10.2 Å². The number of carbonyl (C=O) groups excluding carboxylic acids is 2. The van der Waals surface area contributed by atoms with Crippen LogP contribution in [0, 0.1) is 0 Å². The van der Waals surface area contributed by atoms with E-state index in [2.05, 4.69) is 5.32 Å². The van der Waals surface area contributed by atoms with Crippen molar-refractivity contribution in [2.75, 3.05) is 7.11 Å². The number of nitrogens with one attached hydrogen (secondary N) is 1. The quantitative estimate of drug-likeness (QED) is 0.598. The number of ether oxygens (including phenoxy) is 1. The summed E-state index contributed by atoms with van der Waals surface area (Å²) in [5, 5.41) is 3.56. The van der Waals surface area contributed by atoms with Crippen molar-refractivity contribution in [1.29, 1.82) is 0 Å². The molecule has 2 rings (SSSR count). The largest absolute Gasteiger partial charge is 0.497 e. The summed E-state index contributed by atoms with van der Waals surface area (Å²) in [6, 6.07) is 14.3. The van der Waals surface area contributed by atoms with E-state index >= 15 is 0 Å². The molecule has 0 bridgehead atoms. The monoisotopic (exact) mass is 430 g/mol. The lowest BCUT2D eigenvalue weighted by Crippen LogP contribution is -2.51. The molecule has 0 aliphatic rings. The number of benzene rings is 2. The molecule has 6 heteroatoms. The van der Waals surface area contributed by atoms with Gasteiger partial charge >= 0.3 is 0 Å². The summed E-state index contributed by atoms with van der Waals surface area (Å²) in [6.07, 6.45) is 1.48. The molecule has 0 spiro atoms. The Morgan fingerprint density at radius 3 is 2.47 bits per heavy atom. The van der Waals surface area contributed by atoms with Crippen LogP contribution in [0.5, 0.6) is 5.75 Å². The van der Waals surface area contributed by atoms with Crippen LogP contribution in [0.2, 0.25) is 5.02 Å². The lowest BCUT2D eigenvalue weighted by molar-refractivity contribution is -0.141. The number of methoxy groups -OCH3 is 1. The topological polar surface area (TPSA) is 58.6 Å². The Labute approximate surface area is 184 Å². The Morgan fingerprint density at radius 2 is 1.83 bits per heavy atom. The van der Waals surface area contributed by atoms with Gasteiger partial charge in [-0.1, -0.05) is 55.8 Å². The SMILES string of the molecule is CC[C@H](C)NC(=O)[C@H](CC)N(Cc1cccc(OC)c1)C(=O)Cc1ccccc1Cl. The molecule has 2 amide bonds. The fraction of sp³-hybridized carbons (Fsp3) is 0.417. The van der Waals surface area contributed by atoms with Crippen molar-refractivity contribution in [3.63, 3.8) is 0 Å². The van der Waals surface area contributed by atoms with Crippen molar-refractivity contribution in [2.45, 2.75) is 58.7 Å². The summed E-state index contributed by atoms with van der Waals surface area (Å²) >= 11 is 6.27. The molecule has 162 valence electrons. The molecule has 0 aliphatic heterocycles. The highest BCUT2D eigenvalue weighted by atomic mass is 35.5. The molecule has 0 aromatic heterocycles. The van der Waals surface area contributed by atoms with Gasteiger partial charge in [0.25, 0.3) is 0 Å². The van der Waals surface area contributed by atoms with Crippen LogP contribution in [0.1, 0.15) is 44.7 Å². The molecule has 2 atom stereocenters. The molecule has 2 aromatic rings. The maximum atomic E-state index is 13.3. The average molecular weight is 431 g/mol. The first-order chi connectivity index (χ1) is 14.4. The summed E-state index contributed by atoms with van der Waals surface area (Å²) in [5.41, 5.74) is 1.65. The lowest BCUT2D eigenvalue weighted by Gasteiger charge is -2.31. The van der Waals surface area contributed by atoms with Crippen LogP contribution in [0.25, 0.3) is 0 Å². The predicted octanol–water partition coefficient (Wildman–Crippen LogP) is 4.61. The van der Waals surface area contributed by atoms with Gasteiger partial charge in [0, 0.05) is 17.6 Å². The van der Waals surface area contributed by atoms with Gasteiger partial charge in [-0.05, 0) is 49.1 Å². The smallest absolute Gasteiger partial charge is 0.243 e. The molecule has 5 nitrogen and oxygen atoms in total. The lowest BCUT2D eigenvalue weighted by atomic mass is 10.1. The first-order valence-corrected chi connectivity index (χ1v) is 10.7. The number of hydrogen-bond acceptors (Lipinski definition) is 3. The molecule has 1 N–H and O–H groups in total. The van der Waals surface area contributed by atoms with Crippen molar-refractivity contribution < 1.29 is 14.3 Å². The Kier molecular flexibility index (Phi) is 9.18. The fourth-order valence-electron chi connectivity index (χ4n) is 3.23. The first kappa shape index (κ1) is 23.7. The third-order valence-electron chi connectivity index (χ3n) is 5.17. The third-order valence-corrected chi connectivity index (χ3v) is 5.54. The zero-order valence-corrected chi connectivity index (χ0v) is 18.9. The molecule has 2 aromatic carbocycles. The van der Waals surface area contributed by atoms with E-state index in [1.165, 1.54) is 0 Å². The number of rotatable bonds is 10. The van der Waals surface area contributed by atoms with Gasteiger partial charge < -0.3 is 15.0 Å². The van der Waals surface area contributed by atoms with Crippen LogP contribution in [0.15, 0.2) is 48.5 Å². The second-order valence-corrected chi connectivity index (χ2v) is 7.79. The third kappa shape index (κ3) is 6.49. The summed E-state index contributed by atoms with van der Waals surface area (Å²) < 4.78 is 5.31. The Balaban J connectivity index is 2.33. The zero-order chi connectivity index (χ0) is 22.1. The van der Waals surface area contributed by atoms with Gasteiger partial charge in [-0.15, -0.1) is 0 Å². The standard InChI is InChI=1S/C24H31ClN2O3/c1-5-17(3)26-24(29)22(6-2)27(16-18-10-9-12-20(14-18)30-4)23(28)15-19-11-7-8-13-21(19)25/h7-14,17,22H,5-6,15-16H2,1-4H3,(H,26,29)/t17-,22-/m0/s1. The number of amides is 2. The molecule has 0 fully saturated rings. The van der Waals surface area contributed by atoms with Gasteiger partial charge in [-0.3, -0.25) is 9.59 Å². The molecule has 0 saturated carbocycles. The Hall–Kier alpha value is -2.53. The van der Waals surface area contributed by atoms with Gasteiger partial charge in [0.05, 0.1) is 13.5 Å². The molecular formula is C24H31ClN2O3. The highest BCUT2D eigenvalue weighted by Crippen LogP contribution is 2.21. The Morgan fingerprint density at radius 1 is 1.10 bits per heavy atom. The van der Waals surface area contributed by atoms with Gasteiger partial charge in [0.2, 0.25) is 11.8 Å². The molecule has 0 radical (unpaired) electrons. The maximum absolute atomic E-state index is 13.3. The van der Waals surface area contributed by atoms with Crippen LogP contribution in [-0.4, -0.2) is 35.9 Å². The summed E-state index contributed by atoms with van der Waals surface area (Å²) in [5.74, 6) is 0.433. The molecular weight excluding hydrogens is 400 g/mol. The summed E-state index contributed by atoms with van der Waals surface area (Å²) in [6.45, 7) is 6.21. The van der Waals surface area contributed by atoms with E-state index in [9.17, 15) is 9.59 Å². The molecule has 30 heavy (non-hydrogen) atoms. The van der Waals surface area contributed by atoms with Gasteiger partial charge in [-0.2, -0.15) is 0 Å². The average Bonchev–Trinajstić information content (AvgIpc) is 2.75. The van der Waals surface area contributed by atoms with E-state index < -0.39 is 6.04 Å². The first-order valence-electron chi connectivity index (χ1n) is 10.4. The highest BCUT2D eigenvalue weighted by molar-refractivity contribution is 6.31. The van der Waals surface area contributed by atoms with E-state index in [-0.39, 0.29) is 24.3 Å². The molecule has 0 heterocycles. The van der Waals surface area contributed by atoms with Crippen LogP contribution in [0.4, 0.5) is 0 Å². The predicted molar refractivity (Wildman–Crippen MR) is 121 cm³/mol. The highest BCUT2D eigenvalue weighted by Gasteiger charge is 2.29. The van der Waals surface area contributed by atoms with E-state index in [1.54, 1.807) is 18.1 Å². The second-order valence-electron chi connectivity index (χ2n) is 7.38. The van der Waals surface area contributed by atoms with Crippen molar-refractivity contribution in [3.8, 4) is 5.75 Å². The minimum atomic E-state index is -0.569. The molecule has 0 unspecified atom stereocenters. The molecule has 0 aliphatic carbocycles. The van der Waals surface area contributed by atoms with Gasteiger partial charge in [-0.25, -0.2) is 0 Å². The number of carbonyl (C=O) groups is 2. The van der Waals surface area contributed by atoms with E-state index in [0.717, 1.165) is 17.5 Å². The summed E-state index contributed by atoms with van der Waals surface area (Å²) in [4.78, 5) is 28.0. The Bertz CT molecular complexity index is 856. The van der Waals surface area contributed by atoms with Crippen LogP contribution >= 0.6 is 11.6 Å². The van der Waals surface area contributed by atoms with Crippen LogP contribution in [-0.2, 0) is 22.6 Å². The number of halogens is 1.